The van der Waals surface area contributed by atoms with Gasteiger partial charge < -0.3 is 4.90 Å². The number of fused-ring (bicyclic) bond motifs is 3. The van der Waals surface area contributed by atoms with E-state index in [1.54, 1.807) is 10.7 Å². The van der Waals surface area contributed by atoms with Crippen LogP contribution < -0.4 is 0 Å². The quantitative estimate of drug-likeness (QED) is 0.858. The summed E-state index contributed by atoms with van der Waals surface area (Å²) in [5, 5.41) is 4.38. The van der Waals surface area contributed by atoms with Crippen LogP contribution in [0, 0.1) is 17.8 Å². The molecule has 4 atom stereocenters. The summed E-state index contributed by atoms with van der Waals surface area (Å²) < 4.78 is 1.64. The van der Waals surface area contributed by atoms with Gasteiger partial charge in [-0.1, -0.05) is 6.42 Å². The third kappa shape index (κ3) is 2.81. The minimum atomic E-state index is 0.182. The SMILES string of the molecule is O=C(Cc1nc2ncccn2n1)N1CCC[C@H]1C[C@@H]1C[C@H]2CC[C@H]1C2. The number of carbonyl (C=O) groups excluding carboxylic acids is 1. The van der Waals surface area contributed by atoms with Crippen LogP contribution in [0.4, 0.5) is 0 Å². The predicted octanol–water partition coefficient (Wildman–Crippen LogP) is 2.48. The summed E-state index contributed by atoms with van der Waals surface area (Å²) in [6.07, 6.45) is 13.0. The summed E-state index contributed by atoms with van der Waals surface area (Å²) in [6, 6.07) is 2.26. The molecule has 1 aliphatic heterocycles. The number of nitrogens with zero attached hydrogens (tertiary/aromatic N) is 5. The Hall–Kier alpha value is -1.98. The number of likely N-dealkylation sites (tertiary alicyclic amines) is 1. The molecular weight excluding hydrogens is 314 g/mol. The number of hydrogen-bond donors (Lipinski definition) is 0. The van der Waals surface area contributed by atoms with E-state index in [1.807, 2.05) is 12.3 Å². The third-order valence-corrected chi connectivity index (χ3v) is 6.63. The van der Waals surface area contributed by atoms with E-state index in [0.717, 1.165) is 30.7 Å². The smallest absolute Gasteiger partial charge is 0.252 e. The molecule has 6 heteroatoms. The second-order valence-electron chi connectivity index (χ2n) is 8.12. The van der Waals surface area contributed by atoms with E-state index >= 15 is 0 Å². The van der Waals surface area contributed by atoms with Gasteiger partial charge in [-0.3, -0.25) is 4.79 Å². The van der Waals surface area contributed by atoms with Crippen molar-refractivity contribution in [2.75, 3.05) is 6.54 Å². The minimum Gasteiger partial charge on any atom is -0.339 e. The molecule has 2 aromatic rings. The molecular formula is C19H25N5O. The fourth-order valence-electron chi connectivity index (χ4n) is 5.51. The molecule has 0 unspecified atom stereocenters. The van der Waals surface area contributed by atoms with Gasteiger partial charge in [0.2, 0.25) is 5.91 Å². The van der Waals surface area contributed by atoms with Crippen LogP contribution in [0.2, 0.25) is 0 Å². The maximum absolute atomic E-state index is 12.9. The van der Waals surface area contributed by atoms with E-state index in [9.17, 15) is 4.79 Å². The Morgan fingerprint density at radius 1 is 1.24 bits per heavy atom. The highest BCUT2D eigenvalue weighted by Crippen LogP contribution is 2.50. The molecule has 2 bridgehead atoms. The van der Waals surface area contributed by atoms with E-state index < -0.39 is 0 Å². The summed E-state index contributed by atoms with van der Waals surface area (Å²) in [5.74, 6) is 4.10. The highest BCUT2D eigenvalue weighted by Gasteiger charge is 2.42. The zero-order valence-corrected chi connectivity index (χ0v) is 14.5. The number of carbonyl (C=O) groups is 1. The van der Waals surface area contributed by atoms with Crippen molar-refractivity contribution in [1.29, 1.82) is 0 Å². The molecule has 25 heavy (non-hydrogen) atoms. The number of aromatic nitrogens is 4. The van der Waals surface area contributed by atoms with Gasteiger partial charge in [-0.25, -0.2) is 9.50 Å². The van der Waals surface area contributed by atoms with Gasteiger partial charge in [-0.2, -0.15) is 4.98 Å². The number of amides is 1. The van der Waals surface area contributed by atoms with Gasteiger partial charge in [0.05, 0.1) is 6.42 Å². The Bertz CT molecular complexity index is 754. The second kappa shape index (κ2) is 6.07. The Morgan fingerprint density at radius 3 is 3.00 bits per heavy atom. The predicted molar refractivity (Wildman–Crippen MR) is 92.8 cm³/mol. The summed E-state index contributed by atoms with van der Waals surface area (Å²) in [5.41, 5.74) is 0. The van der Waals surface area contributed by atoms with Crippen molar-refractivity contribution in [2.45, 2.75) is 57.4 Å². The molecule has 2 aromatic heterocycles. The second-order valence-corrected chi connectivity index (χ2v) is 8.12. The molecule has 3 heterocycles. The lowest BCUT2D eigenvalue weighted by molar-refractivity contribution is -0.131. The van der Waals surface area contributed by atoms with Crippen LogP contribution in [0.25, 0.3) is 5.78 Å². The van der Waals surface area contributed by atoms with Crippen molar-refractivity contribution in [3.8, 4) is 0 Å². The van der Waals surface area contributed by atoms with Crippen molar-refractivity contribution < 1.29 is 4.79 Å². The minimum absolute atomic E-state index is 0.182. The van der Waals surface area contributed by atoms with Gasteiger partial charge in [-0.05, 0) is 62.3 Å². The van der Waals surface area contributed by atoms with Crippen LogP contribution in [-0.4, -0.2) is 43.0 Å². The molecule has 1 amide bonds. The summed E-state index contributed by atoms with van der Waals surface area (Å²) in [4.78, 5) is 23.5. The van der Waals surface area contributed by atoms with Crippen molar-refractivity contribution >= 4 is 11.7 Å². The molecule has 0 aromatic carbocycles. The molecule has 0 radical (unpaired) electrons. The summed E-state index contributed by atoms with van der Waals surface area (Å²) in [7, 11) is 0. The first kappa shape index (κ1) is 15.3. The zero-order valence-electron chi connectivity index (χ0n) is 14.5. The zero-order chi connectivity index (χ0) is 16.8. The lowest BCUT2D eigenvalue weighted by atomic mass is 9.83. The highest BCUT2D eigenvalue weighted by molar-refractivity contribution is 5.78. The van der Waals surface area contributed by atoms with Crippen molar-refractivity contribution in [3.63, 3.8) is 0 Å². The molecule has 6 nitrogen and oxygen atoms in total. The molecule has 0 spiro atoms. The van der Waals surface area contributed by atoms with Gasteiger partial charge in [0.1, 0.15) is 0 Å². The maximum atomic E-state index is 12.9. The van der Waals surface area contributed by atoms with Gasteiger partial charge in [0.25, 0.3) is 5.78 Å². The summed E-state index contributed by atoms with van der Waals surface area (Å²) >= 11 is 0. The molecule has 1 saturated heterocycles. The standard InChI is InChI=1S/C19H25N5O/c25-18(12-17-21-19-20-6-2-8-24(19)22-17)23-7-1-3-16(23)11-15-10-13-4-5-14(15)9-13/h2,6,8,13-16H,1,3-5,7,9-12H2/t13-,14-,15-,16-/m0/s1. The van der Waals surface area contributed by atoms with Crippen molar-refractivity contribution in [2.24, 2.45) is 17.8 Å². The lowest BCUT2D eigenvalue weighted by Crippen LogP contribution is -2.38. The van der Waals surface area contributed by atoms with Crippen LogP contribution in [-0.2, 0) is 11.2 Å². The monoisotopic (exact) mass is 339 g/mol. The number of rotatable bonds is 4. The van der Waals surface area contributed by atoms with Gasteiger partial charge >= 0.3 is 0 Å². The molecule has 3 fully saturated rings. The summed E-state index contributed by atoms with van der Waals surface area (Å²) in [6.45, 7) is 0.899. The van der Waals surface area contributed by atoms with Crippen LogP contribution in [0.3, 0.4) is 0 Å². The average Bonchev–Trinajstić information content (AvgIpc) is 3.38. The Morgan fingerprint density at radius 2 is 2.20 bits per heavy atom. The van der Waals surface area contributed by atoms with Crippen molar-refractivity contribution in [3.05, 3.63) is 24.3 Å². The van der Waals surface area contributed by atoms with Gasteiger partial charge in [0, 0.05) is 25.0 Å². The van der Waals surface area contributed by atoms with Gasteiger partial charge in [0.15, 0.2) is 5.82 Å². The number of hydrogen-bond acceptors (Lipinski definition) is 4. The van der Waals surface area contributed by atoms with Crippen LogP contribution in [0.1, 0.15) is 50.8 Å². The maximum Gasteiger partial charge on any atom is 0.252 e. The van der Waals surface area contributed by atoms with E-state index in [4.69, 9.17) is 0 Å². The van der Waals surface area contributed by atoms with E-state index in [0.29, 0.717) is 17.6 Å². The highest BCUT2D eigenvalue weighted by atomic mass is 16.2. The van der Waals surface area contributed by atoms with Crippen LogP contribution in [0.5, 0.6) is 0 Å². The van der Waals surface area contributed by atoms with Crippen LogP contribution >= 0.6 is 0 Å². The molecule has 0 N–H and O–H groups in total. The van der Waals surface area contributed by atoms with Crippen LogP contribution in [0.15, 0.2) is 18.5 Å². The van der Waals surface area contributed by atoms with Gasteiger partial charge in [-0.15, -0.1) is 5.10 Å². The molecule has 3 aliphatic rings. The van der Waals surface area contributed by atoms with E-state index in [1.165, 1.54) is 38.5 Å². The molecule has 2 aliphatic carbocycles. The normalized spacial score (nSPS) is 31.3. The first-order valence-corrected chi connectivity index (χ1v) is 9.72. The van der Waals surface area contributed by atoms with E-state index in [2.05, 4.69) is 20.0 Å². The fraction of sp³-hybridized carbons (Fsp3) is 0.684. The first-order valence-electron chi connectivity index (χ1n) is 9.72. The Balaban J connectivity index is 1.25. The molecule has 5 rings (SSSR count). The third-order valence-electron chi connectivity index (χ3n) is 6.63. The lowest BCUT2D eigenvalue weighted by Gasteiger charge is -2.30. The van der Waals surface area contributed by atoms with E-state index in [-0.39, 0.29) is 12.3 Å². The average molecular weight is 339 g/mol. The Kier molecular flexibility index (Phi) is 3.71. The first-order chi connectivity index (χ1) is 12.3. The topological polar surface area (TPSA) is 63.4 Å². The molecule has 132 valence electrons. The Labute approximate surface area is 147 Å². The largest absolute Gasteiger partial charge is 0.339 e. The fourth-order valence-corrected chi connectivity index (χ4v) is 5.51. The molecule has 2 saturated carbocycles. The van der Waals surface area contributed by atoms with Crippen molar-refractivity contribution in [1.82, 2.24) is 24.5 Å².